The molecular formula is C19H26O3. The van der Waals surface area contributed by atoms with E-state index in [9.17, 15) is 4.79 Å². The molecule has 3 nitrogen and oxygen atoms in total. The van der Waals surface area contributed by atoms with E-state index in [1.165, 1.54) is 11.1 Å². The Bertz CT molecular complexity index is 640. The van der Waals surface area contributed by atoms with Gasteiger partial charge in [-0.2, -0.15) is 0 Å². The maximum Gasteiger partial charge on any atom is 0.163 e. The van der Waals surface area contributed by atoms with Crippen LogP contribution in [0.3, 0.4) is 0 Å². The van der Waals surface area contributed by atoms with Crippen molar-refractivity contribution in [1.29, 1.82) is 0 Å². The second-order valence-corrected chi connectivity index (χ2v) is 8.29. The Balaban J connectivity index is 2.26. The van der Waals surface area contributed by atoms with Crippen LogP contribution in [0.5, 0.6) is 0 Å². The van der Waals surface area contributed by atoms with Crippen LogP contribution in [0.25, 0.3) is 0 Å². The van der Waals surface area contributed by atoms with Gasteiger partial charge in [-0.15, -0.1) is 0 Å². The lowest BCUT2D eigenvalue weighted by Gasteiger charge is -2.48. The molecule has 0 aromatic heterocycles. The molecule has 1 aliphatic heterocycles. The Labute approximate surface area is 133 Å². The molecule has 0 saturated carbocycles. The second-order valence-electron chi connectivity index (χ2n) is 8.29. The van der Waals surface area contributed by atoms with Crippen molar-refractivity contribution in [1.82, 2.24) is 0 Å². The predicted octanol–water partition coefficient (Wildman–Crippen LogP) is 3.90. The Hall–Kier alpha value is -1.19. The molecule has 0 amide bonds. The van der Waals surface area contributed by atoms with Gasteiger partial charge in [0.05, 0.1) is 12.2 Å². The van der Waals surface area contributed by atoms with Gasteiger partial charge in [0, 0.05) is 16.4 Å². The molecular weight excluding hydrogens is 276 g/mol. The van der Waals surface area contributed by atoms with Gasteiger partial charge in [0.1, 0.15) is 6.29 Å². The number of carbonyl (C=O) groups excluding carboxylic acids is 1. The summed E-state index contributed by atoms with van der Waals surface area (Å²) in [4.78, 5) is 11.4. The summed E-state index contributed by atoms with van der Waals surface area (Å²) in [5, 5.41) is 0. The zero-order valence-corrected chi connectivity index (χ0v) is 14.6. The summed E-state index contributed by atoms with van der Waals surface area (Å²) in [6, 6.07) is 4.20. The molecule has 3 heteroatoms. The van der Waals surface area contributed by atoms with Crippen molar-refractivity contribution in [3.8, 4) is 0 Å². The number of aryl methyl sites for hydroxylation is 1. The first-order valence-corrected chi connectivity index (χ1v) is 7.97. The highest BCUT2D eigenvalue weighted by Gasteiger charge is 2.59. The van der Waals surface area contributed by atoms with Gasteiger partial charge in [-0.1, -0.05) is 33.8 Å². The topological polar surface area (TPSA) is 35.5 Å². The molecule has 0 N–H and O–H groups in total. The maximum atomic E-state index is 11.4. The van der Waals surface area contributed by atoms with Gasteiger partial charge in [-0.05, 0) is 43.5 Å². The maximum absolute atomic E-state index is 11.4. The fourth-order valence-electron chi connectivity index (χ4n) is 4.04. The molecule has 0 radical (unpaired) electrons. The minimum atomic E-state index is -0.575. The summed E-state index contributed by atoms with van der Waals surface area (Å²) in [7, 11) is 0. The van der Waals surface area contributed by atoms with Crippen molar-refractivity contribution in [3.63, 3.8) is 0 Å². The van der Waals surface area contributed by atoms with Gasteiger partial charge in [0.25, 0.3) is 0 Å². The van der Waals surface area contributed by atoms with E-state index in [0.29, 0.717) is 0 Å². The first-order valence-electron chi connectivity index (χ1n) is 7.97. The predicted molar refractivity (Wildman–Crippen MR) is 86.4 cm³/mol. The molecule has 3 rings (SSSR count). The van der Waals surface area contributed by atoms with Crippen LogP contribution in [0.1, 0.15) is 68.6 Å². The largest absolute Gasteiger partial charge is 0.344 e. The number of hydrogen-bond donors (Lipinski definition) is 0. The molecule has 1 heterocycles. The van der Waals surface area contributed by atoms with E-state index in [1.807, 2.05) is 26.8 Å². The normalized spacial score (nSPS) is 30.5. The van der Waals surface area contributed by atoms with Crippen LogP contribution in [0.4, 0.5) is 0 Å². The molecule has 0 unspecified atom stereocenters. The van der Waals surface area contributed by atoms with Crippen molar-refractivity contribution >= 4 is 6.29 Å². The third-order valence-corrected chi connectivity index (χ3v) is 5.44. The molecule has 1 aromatic carbocycles. The van der Waals surface area contributed by atoms with E-state index in [0.717, 1.165) is 17.4 Å². The van der Waals surface area contributed by atoms with Gasteiger partial charge in [-0.25, -0.2) is 0 Å². The number of hydrogen-bond acceptors (Lipinski definition) is 3. The molecule has 1 aliphatic carbocycles. The highest BCUT2D eigenvalue weighted by molar-refractivity contribution is 5.78. The average molecular weight is 302 g/mol. The van der Waals surface area contributed by atoms with Gasteiger partial charge >= 0.3 is 0 Å². The van der Waals surface area contributed by atoms with Gasteiger partial charge in [-0.3, -0.25) is 4.79 Å². The van der Waals surface area contributed by atoms with Crippen molar-refractivity contribution in [2.24, 2.45) is 0 Å². The Kier molecular flexibility index (Phi) is 3.16. The van der Waals surface area contributed by atoms with E-state index in [4.69, 9.17) is 9.47 Å². The van der Waals surface area contributed by atoms with Crippen LogP contribution in [0.15, 0.2) is 12.1 Å². The zero-order valence-electron chi connectivity index (χ0n) is 14.6. The molecule has 0 bridgehead atoms. The summed E-state index contributed by atoms with van der Waals surface area (Å²) >= 11 is 0. The lowest BCUT2D eigenvalue weighted by Crippen LogP contribution is -2.54. The second kappa shape index (κ2) is 4.42. The SMILES string of the molecule is Cc1cc2c(cc1C=O)C(C)(C)[C@@H]1OC(C)(C)O[C@H]1C2(C)C. The van der Waals surface area contributed by atoms with Crippen LogP contribution < -0.4 is 0 Å². The third-order valence-electron chi connectivity index (χ3n) is 5.44. The molecule has 1 fully saturated rings. The molecule has 1 aromatic rings. The van der Waals surface area contributed by atoms with Crippen molar-refractivity contribution in [2.75, 3.05) is 0 Å². The van der Waals surface area contributed by atoms with E-state index in [2.05, 4.69) is 33.8 Å². The van der Waals surface area contributed by atoms with E-state index in [-0.39, 0.29) is 23.0 Å². The van der Waals surface area contributed by atoms with Gasteiger partial charge < -0.3 is 9.47 Å². The van der Waals surface area contributed by atoms with Crippen LogP contribution in [-0.4, -0.2) is 24.3 Å². The van der Waals surface area contributed by atoms with Crippen LogP contribution >= 0.6 is 0 Å². The van der Waals surface area contributed by atoms with E-state index < -0.39 is 5.79 Å². The monoisotopic (exact) mass is 302 g/mol. The Morgan fingerprint density at radius 3 is 1.82 bits per heavy atom. The van der Waals surface area contributed by atoms with Crippen LogP contribution in [0, 0.1) is 6.92 Å². The van der Waals surface area contributed by atoms with Gasteiger partial charge in [0.15, 0.2) is 5.79 Å². The quantitative estimate of drug-likeness (QED) is 0.738. The van der Waals surface area contributed by atoms with Gasteiger partial charge in [0.2, 0.25) is 0 Å². The minimum absolute atomic E-state index is 0.00600. The number of aldehydes is 1. The van der Waals surface area contributed by atoms with Crippen molar-refractivity contribution in [3.05, 3.63) is 34.4 Å². The minimum Gasteiger partial charge on any atom is -0.344 e. The highest BCUT2D eigenvalue weighted by Crippen LogP contribution is 2.53. The number of fused-ring (bicyclic) bond motifs is 2. The van der Waals surface area contributed by atoms with E-state index >= 15 is 0 Å². The molecule has 1 saturated heterocycles. The van der Waals surface area contributed by atoms with Crippen molar-refractivity contribution in [2.45, 2.75) is 77.3 Å². The molecule has 0 spiro atoms. The summed E-state index contributed by atoms with van der Waals surface area (Å²) in [6.07, 6.45) is 0.930. The Morgan fingerprint density at radius 2 is 1.36 bits per heavy atom. The first-order chi connectivity index (χ1) is 10.0. The standard InChI is InChI=1S/C19H26O3/c1-11-8-13-14(9-12(11)10-20)18(4,5)16-15(17(13,2)3)21-19(6,7)22-16/h8-10,15-16H,1-7H3/t15-,16-/m1/s1. The lowest BCUT2D eigenvalue weighted by molar-refractivity contribution is -0.153. The van der Waals surface area contributed by atoms with E-state index in [1.54, 1.807) is 0 Å². The van der Waals surface area contributed by atoms with Crippen molar-refractivity contribution < 1.29 is 14.3 Å². The smallest absolute Gasteiger partial charge is 0.163 e. The highest BCUT2D eigenvalue weighted by atomic mass is 16.8. The summed E-state index contributed by atoms with van der Waals surface area (Å²) < 4.78 is 12.5. The fourth-order valence-corrected chi connectivity index (χ4v) is 4.04. The zero-order chi connectivity index (χ0) is 16.5. The average Bonchev–Trinajstić information content (AvgIpc) is 2.74. The first kappa shape index (κ1) is 15.7. The number of benzene rings is 1. The molecule has 22 heavy (non-hydrogen) atoms. The fraction of sp³-hybridized carbons (Fsp3) is 0.632. The summed E-state index contributed by atoms with van der Waals surface area (Å²) in [5.41, 5.74) is 3.90. The third kappa shape index (κ3) is 1.99. The molecule has 2 aliphatic rings. The molecule has 2 atom stereocenters. The number of carbonyl (C=O) groups is 1. The lowest BCUT2D eigenvalue weighted by atomic mass is 9.59. The van der Waals surface area contributed by atoms with Crippen LogP contribution in [-0.2, 0) is 20.3 Å². The summed E-state index contributed by atoms with van der Waals surface area (Å²) in [5.74, 6) is -0.575. The number of rotatable bonds is 1. The number of ether oxygens (including phenoxy) is 2. The summed E-state index contributed by atoms with van der Waals surface area (Å²) in [6.45, 7) is 14.7. The van der Waals surface area contributed by atoms with Crippen LogP contribution in [0.2, 0.25) is 0 Å². The molecule has 120 valence electrons. The Morgan fingerprint density at radius 1 is 0.909 bits per heavy atom.